The number of ketones is 1. The van der Waals surface area contributed by atoms with Gasteiger partial charge in [0, 0.05) is 11.8 Å². The van der Waals surface area contributed by atoms with Gasteiger partial charge in [-0.25, -0.2) is 0 Å². The molecule has 7 atom stereocenters. The number of allylic oxidation sites excluding steroid dienone is 1. The summed E-state index contributed by atoms with van der Waals surface area (Å²) in [4.78, 5) is 11.8. The van der Waals surface area contributed by atoms with Crippen molar-refractivity contribution >= 4 is 5.78 Å². The Labute approximate surface area is 145 Å². The van der Waals surface area contributed by atoms with Crippen LogP contribution in [0.5, 0.6) is 0 Å². The summed E-state index contributed by atoms with van der Waals surface area (Å²) in [6.45, 7) is 8.39. The van der Waals surface area contributed by atoms with Crippen LogP contribution in [0.3, 0.4) is 0 Å². The van der Waals surface area contributed by atoms with E-state index in [1.807, 2.05) is 12.2 Å². The zero-order valence-electron chi connectivity index (χ0n) is 15.1. The Morgan fingerprint density at radius 3 is 2.88 bits per heavy atom. The van der Waals surface area contributed by atoms with Gasteiger partial charge < -0.3 is 5.11 Å². The maximum absolute atomic E-state index is 11.8. The maximum atomic E-state index is 11.8. The van der Waals surface area contributed by atoms with Gasteiger partial charge in [-0.1, -0.05) is 26.0 Å². The third kappa shape index (κ3) is 2.09. The fraction of sp³-hybridized carbons (Fsp3) is 0.727. The quantitative estimate of drug-likeness (QED) is 0.723. The number of carbonyl (C=O) groups is 1. The highest BCUT2D eigenvalue weighted by atomic mass is 16.3. The van der Waals surface area contributed by atoms with E-state index < -0.39 is 5.60 Å². The molecule has 0 radical (unpaired) electrons. The Bertz CT molecular complexity index is 640. The van der Waals surface area contributed by atoms with E-state index in [0.717, 1.165) is 38.5 Å². The van der Waals surface area contributed by atoms with E-state index in [9.17, 15) is 9.90 Å². The highest BCUT2D eigenvalue weighted by Crippen LogP contribution is 2.66. The second-order valence-electron chi connectivity index (χ2n) is 9.13. The number of fused-ring (bicyclic) bond motifs is 5. The molecule has 0 unspecified atom stereocenters. The molecule has 2 heteroatoms. The Balaban J connectivity index is 1.70. The van der Waals surface area contributed by atoms with Crippen LogP contribution < -0.4 is 0 Å². The molecule has 0 aromatic rings. The van der Waals surface area contributed by atoms with Gasteiger partial charge in [0.05, 0.1) is 5.60 Å². The van der Waals surface area contributed by atoms with Crippen LogP contribution in [0.1, 0.15) is 58.8 Å². The van der Waals surface area contributed by atoms with Crippen LogP contribution in [-0.4, -0.2) is 16.5 Å². The fourth-order valence-electron chi connectivity index (χ4n) is 7.05. The van der Waals surface area contributed by atoms with Crippen molar-refractivity contribution in [2.24, 2.45) is 35.0 Å². The molecule has 0 aliphatic heterocycles. The lowest BCUT2D eigenvalue weighted by molar-refractivity contribution is -0.118. The number of rotatable bonds is 1. The van der Waals surface area contributed by atoms with Crippen molar-refractivity contribution in [1.82, 2.24) is 0 Å². The van der Waals surface area contributed by atoms with Gasteiger partial charge in [-0.3, -0.25) is 4.79 Å². The molecule has 0 spiro atoms. The monoisotopic (exact) mass is 326 g/mol. The molecule has 4 aliphatic carbocycles. The van der Waals surface area contributed by atoms with Gasteiger partial charge in [0.2, 0.25) is 0 Å². The molecule has 2 nitrogen and oxygen atoms in total. The largest absolute Gasteiger partial charge is 0.385 e. The lowest BCUT2D eigenvalue weighted by Crippen LogP contribution is -2.53. The third-order valence-corrected chi connectivity index (χ3v) is 8.20. The van der Waals surface area contributed by atoms with Crippen LogP contribution in [0, 0.1) is 35.0 Å². The molecular weight excluding hydrogens is 296 g/mol. The van der Waals surface area contributed by atoms with Crippen molar-refractivity contribution in [2.75, 3.05) is 0 Å². The molecule has 130 valence electrons. The first kappa shape index (κ1) is 16.4. The van der Waals surface area contributed by atoms with E-state index in [0.29, 0.717) is 35.4 Å². The normalized spacial score (nSPS) is 50.2. The van der Waals surface area contributed by atoms with E-state index in [1.54, 1.807) is 0 Å². The predicted octanol–water partition coefficient (Wildman–Crippen LogP) is 4.45. The fourth-order valence-corrected chi connectivity index (χ4v) is 7.05. The molecule has 0 heterocycles. The molecule has 4 aliphatic rings. The first-order chi connectivity index (χ1) is 11.4. The van der Waals surface area contributed by atoms with Crippen molar-refractivity contribution in [1.29, 1.82) is 0 Å². The van der Waals surface area contributed by atoms with Crippen LogP contribution in [0.15, 0.2) is 30.0 Å². The van der Waals surface area contributed by atoms with Gasteiger partial charge in [0.25, 0.3) is 0 Å². The molecular formula is C22H30O2. The Kier molecular flexibility index (Phi) is 3.71. The molecule has 3 fully saturated rings. The van der Waals surface area contributed by atoms with Crippen molar-refractivity contribution in [2.45, 2.75) is 64.4 Å². The molecule has 0 aromatic carbocycles. The number of carbonyl (C=O) groups excluding carboxylic acids is 1. The predicted molar refractivity (Wildman–Crippen MR) is 95.3 cm³/mol. The van der Waals surface area contributed by atoms with Gasteiger partial charge in [0.1, 0.15) is 0 Å². The highest BCUT2D eigenvalue weighted by molar-refractivity contribution is 5.91. The van der Waals surface area contributed by atoms with E-state index in [1.165, 1.54) is 12.0 Å². The SMILES string of the molecule is C=C=C[C@]1(O)CC[C@H]2[C@H]3[C@H](CC[C@@]21C)[C@H]1CCC(=O)C=C1C[C@H]3C. The zero-order valence-corrected chi connectivity index (χ0v) is 15.1. The number of aliphatic hydroxyl groups is 1. The lowest BCUT2D eigenvalue weighted by Gasteiger charge is -2.57. The van der Waals surface area contributed by atoms with E-state index in [4.69, 9.17) is 0 Å². The van der Waals surface area contributed by atoms with Crippen molar-refractivity contribution < 1.29 is 9.90 Å². The summed E-state index contributed by atoms with van der Waals surface area (Å²) < 4.78 is 0. The summed E-state index contributed by atoms with van der Waals surface area (Å²) in [5.74, 6) is 3.55. The Hall–Kier alpha value is -1.11. The standard InChI is InChI=1S/C22H30O2/c1-4-9-22(24)11-8-19-20-14(2)12-15-13-16(23)5-6-17(15)18(20)7-10-21(19,22)3/h9,13-14,17-20,24H,1,5-8,10-12H2,2-3H3/t14-,17+,18-,19+,20-,21+,22+/m1/s1. The summed E-state index contributed by atoms with van der Waals surface area (Å²) >= 11 is 0. The van der Waals surface area contributed by atoms with Crippen LogP contribution in [0.4, 0.5) is 0 Å². The van der Waals surface area contributed by atoms with Gasteiger partial charge in [-0.15, -0.1) is 5.73 Å². The zero-order chi connectivity index (χ0) is 17.1. The minimum absolute atomic E-state index is 0.0428. The molecule has 0 saturated heterocycles. The Morgan fingerprint density at radius 1 is 1.33 bits per heavy atom. The second-order valence-corrected chi connectivity index (χ2v) is 9.13. The maximum Gasteiger partial charge on any atom is 0.155 e. The minimum atomic E-state index is -0.733. The molecule has 0 bridgehead atoms. The summed E-state index contributed by atoms with van der Waals surface area (Å²) in [5, 5.41) is 11.3. The number of hydrogen-bond donors (Lipinski definition) is 1. The van der Waals surface area contributed by atoms with Crippen LogP contribution >= 0.6 is 0 Å². The first-order valence-corrected chi connectivity index (χ1v) is 9.72. The van der Waals surface area contributed by atoms with E-state index in [-0.39, 0.29) is 5.41 Å². The van der Waals surface area contributed by atoms with Crippen molar-refractivity contribution in [3.63, 3.8) is 0 Å². The topological polar surface area (TPSA) is 37.3 Å². The average Bonchev–Trinajstić information content (AvgIpc) is 2.79. The second kappa shape index (κ2) is 5.44. The van der Waals surface area contributed by atoms with Crippen LogP contribution in [-0.2, 0) is 4.79 Å². The molecule has 24 heavy (non-hydrogen) atoms. The van der Waals surface area contributed by atoms with Gasteiger partial charge >= 0.3 is 0 Å². The molecule has 0 amide bonds. The highest BCUT2D eigenvalue weighted by Gasteiger charge is 2.62. The number of hydrogen-bond acceptors (Lipinski definition) is 2. The minimum Gasteiger partial charge on any atom is -0.385 e. The first-order valence-electron chi connectivity index (χ1n) is 9.72. The van der Waals surface area contributed by atoms with Gasteiger partial charge in [-0.05, 0) is 80.3 Å². The molecule has 0 aromatic heterocycles. The van der Waals surface area contributed by atoms with Crippen LogP contribution in [0.25, 0.3) is 0 Å². The van der Waals surface area contributed by atoms with Crippen LogP contribution in [0.2, 0.25) is 0 Å². The van der Waals surface area contributed by atoms with Crippen molar-refractivity contribution in [3.8, 4) is 0 Å². The van der Waals surface area contributed by atoms with Gasteiger partial charge in [-0.2, -0.15) is 0 Å². The lowest BCUT2D eigenvalue weighted by atomic mass is 9.48. The summed E-state index contributed by atoms with van der Waals surface area (Å²) in [5.41, 5.74) is 3.53. The van der Waals surface area contributed by atoms with Crippen molar-refractivity contribution in [3.05, 3.63) is 30.0 Å². The molecule has 3 saturated carbocycles. The average molecular weight is 326 g/mol. The summed E-state index contributed by atoms with van der Waals surface area (Å²) in [6, 6.07) is 0. The summed E-state index contributed by atoms with van der Waals surface area (Å²) in [6.07, 6.45) is 10.9. The van der Waals surface area contributed by atoms with E-state index in [2.05, 4.69) is 26.2 Å². The smallest absolute Gasteiger partial charge is 0.155 e. The molecule has 4 rings (SSSR count). The third-order valence-electron chi connectivity index (χ3n) is 8.20. The van der Waals surface area contributed by atoms with Gasteiger partial charge in [0.15, 0.2) is 5.78 Å². The van der Waals surface area contributed by atoms with E-state index >= 15 is 0 Å². The molecule has 1 N–H and O–H groups in total. The Morgan fingerprint density at radius 2 is 2.12 bits per heavy atom. The summed E-state index contributed by atoms with van der Waals surface area (Å²) in [7, 11) is 0.